The Morgan fingerprint density at radius 3 is 2.39 bits per heavy atom. The number of carbonyl (C=O) groups is 2. The van der Waals surface area contributed by atoms with Gasteiger partial charge in [0.25, 0.3) is 5.91 Å². The van der Waals surface area contributed by atoms with Crippen LogP contribution in [0.4, 0.5) is 24.7 Å². The van der Waals surface area contributed by atoms with Crippen molar-refractivity contribution in [3.05, 3.63) is 71.9 Å². The van der Waals surface area contributed by atoms with Gasteiger partial charge in [-0.05, 0) is 60.4 Å². The molecule has 216 valence electrons. The quantitative estimate of drug-likeness (QED) is 0.394. The lowest BCUT2D eigenvalue weighted by molar-refractivity contribution is -0.138. The fourth-order valence-electron chi connectivity index (χ4n) is 4.73. The van der Waals surface area contributed by atoms with E-state index in [1.807, 2.05) is 23.1 Å². The molecule has 2 aromatic carbocycles. The number of nitrogens with one attached hydrogen (secondary N) is 2. The van der Waals surface area contributed by atoms with Crippen molar-refractivity contribution in [3.8, 4) is 16.9 Å². The summed E-state index contributed by atoms with van der Waals surface area (Å²) >= 11 is 0. The summed E-state index contributed by atoms with van der Waals surface area (Å²) in [4.78, 5) is 32.7. The fraction of sp³-hybridized carbons (Fsp3) is 0.367. The third-order valence-corrected chi connectivity index (χ3v) is 7.21. The fourth-order valence-corrected chi connectivity index (χ4v) is 4.73. The van der Waals surface area contributed by atoms with Gasteiger partial charge in [0.05, 0.1) is 5.56 Å². The van der Waals surface area contributed by atoms with Crippen LogP contribution in [0.1, 0.15) is 24.0 Å². The average molecular weight is 568 g/mol. The van der Waals surface area contributed by atoms with E-state index in [4.69, 9.17) is 4.74 Å². The predicted molar refractivity (Wildman–Crippen MR) is 150 cm³/mol. The molecular weight excluding hydrogens is 535 g/mol. The van der Waals surface area contributed by atoms with Crippen LogP contribution in [0.15, 0.2) is 60.8 Å². The average Bonchev–Trinajstić information content (AvgIpc) is 3.82. The Balaban J connectivity index is 1.15. The number of benzene rings is 2. The molecule has 2 N–H and O–H groups in total. The second-order valence-electron chi connectivity index (χ2n) is 10.3. The zero-order valence-electron chi connectivity index (χ0n) is 22.7. The van der Waals surface area contributed by atoms with Gasteiger partial charge < -0.3 is 15.4 Å². The summed E-state index contributed by atoms with van der Waals surface area (Å²) in [5.41, 5.74) is 1.21. The topological polar surface area (TPSA) is 86.8 Å². The summed E-state index contributed by atoms with van der Waals surface area (Å²) in [6, 6.07) is 14.6. The molecule has 1 aliphatic carbocycles. The van der Waals surface area contributed by atoms with Gasteiger partial charge in [-0.25, -0.2) is 4.98 Å². The number of rotatable bonds is 9. The lowest BCUT2D eigenvalue weighted by atomic mass is 10.0. The van der Waals surface area contributed by atoms with Gasteiger partial charge in [0.15, 0.2) is 6.61 Å². The van der Waals surface area contributed by atoms with E-state index in [2.05, 4.69) is 15.6 Å². The second-order valence-corrected chi connectivity index (χ2v) is 10.3. The molecule has 2 heterocycles. The van der Waals surface area contributed by atoms with Crippen LogP contribution in [0.3, 0.4) is 0 Å². The number of amides is 2. The van der Waals surface area contributed by atoms with Crippen LogP contribution in [0.2, 0.25) is 0 Å². The van der Waals surface area contributed by atoms with Gasteiger partial charge in [0, 0.05) is 63.1 Å². The molecule has 0 radical (unpaired) electrons. The molecule has 8 nitrogen and oxygen atoms in total. The SMILES string of the molecule is CN(C(=O)C1CC1)c1ccc(-c2ccc(OCC(=O)Nc3ccc(CN4CCNCC4)c(C(F)(F)F)c3)cc2)cn1. The molecule has 0 unspecified atom stereocenters. The van der Waals surface area contributed by atoms with E-state index in [0.29, 0.717) is 24.7 Å². The molecule has 1 aliphatic heterocycles. The number of aromatic nitrogens is 1. The van der Waals surface area contributed by atoms with Crippen LogP contribution in [-0.2, 0) is 22.3 Å². The number of anilines is 2. The highest BCUT2D eigenvalue weighted by Gasteiger charge is 2.34. The number of hydrogen-bond donors (Lipinski definition) is 2. The van der Waals surface area contributed by atoms with E-state index in [0.717, 1.165) is 43.1 Å². The highest BCUT2D eigenvalue weighted by Crippen LogP contribution is 2.35. The summed E-state index contributed by atoms with van der Waals surface area (Å²) in [7, 11) is 1.73. The van der Waals surface area contributed by atoms with Crippen molar-refractivity contribution < 1.29 is 27.5 Å². The maximum absolute atomic E-state index is 13.8. The zero-order valence-corrected chi connectivity index (χ0v) is 22.7. The Labute approximate surface area is 236 Å². The van der Waals surface area contributed by atoms with Gasteiger partial charge in [-0.1, -0.05) is 18.2 Å². The first-order valence-corrected chi connectivity index (χ1v) is 13.6. The first-order chi connectivity index (χ1) is 19.7. The second kappa shape index (κ2) is 12.3. The minimum absolute atomic E-state index is 0.0609. The van der Waals surface area contributed by atoms with Crippen molar-refractivity contribution >= 4 is 23.3 Å². The maximum atomic E-state index is 13.8. The first kappa shape index (κ1) is 28.6. The van der Waals surface area contributed by atoms with Crippen LogP contribution in [0.25, 0.3) is 11.1 Å². The van der Waals surface area contributed by atoms with Crippen molar-refractivity contribution in [1.29, 1.82) is 0 Å². The van der Waals surface area contributed by atoms with E-state index in [1.54, 1.807) is 36.3 Å². The molecule has 3 aromatic rings. The molecule has 2 amide bonds. The molecule has 2 fully saturated rings. The molecule has 0 atom stereocenters. The van der Waals surface area contributed by atoms with Crippen LogP contribution < -0.4 is 20.3 Å². The van der Waals surface area contributed by atoms with E-state index >= 15 is 0 Å². The number of ether oxygens (including phenoxy) is 1. The van der Waals surface area contributed by atoms with Crippen molar-refractivity contribution in [1.82, 2.24) is 15.2 Å². The third-order valence-electron chi connectivity index (χ3n) is 7.21. The Hall–Kier alpha value is -3.96. The van der Waals surface area contributed by atoms with Gasteiger partial charge in [-0.3, -0.25) is 19.4 Å². The van der Waals surface area contributed by atoms with E-state index in [-0.39, 0.29) is 36.2 Å². The number of alkyl halides is 3. The zero-order chi connectivity index (χ0) is 29.0. The molecule has 1 saturated carbocycles. The van der Waals surface area contributed by atoms with Gasteiger partial charge in [-0.15, -0.1) is 0 Å². The van der Waals surface area contributed by atoms with Gasteiger partial charge in [0.1, 0.15) is 11.6 Å². The predicted octanol–water partition coefficient (Wildman–Crippen LogP) is 4.56. The maximum Gasteiger partial charge on any atom is 0.416 e. The third kappa shape index (κ3) is 7.42. The van der Waals surface area contributed by atoms with Gasteiger partial charge in [-0.2, -0.15) is 13.2 Å². The van der Waals surface area contributed by atoms with Gasteiger partial charge >= 0.3 is 6.18 Å². The Morgan fingerprint density at radius 2 is 1.76 bits per heavy atom. The van der Waals surface area contributed by atoms with E-state index in [9.17, 15) is 22.8 Å². The van der Waals surface area contributed by atoms with Crippen LogP contribution in [-0.4, -0.2) is 61.5 Å². The summed E-state index contributed by atoms with van der Waals surface area (Å²) in [5, 5.41) is 5.69. The molecule has 41 heavy (non-hydrogen) atoms. The summed E-state index contributed by atoms with van der Waals surface area (Å²) in [5.74, 6) is 0.654. The normalized spacial score (nSPS) is 15.8. The molecule has 5 rings (SSSR count). The minimum Gasteiger partial charge on any atom is -0.484 e. The number of hydrogen-bond acceptors (Lipinski definition) is 6. The number of pyridine rings is 1. The molecule has 0 spiro atoms. The Kier molecular flexibility index (Phi) is 8.55. The standard InChI is InChI=1S/C30H32F3N5O3/c1-37(29(40)21-2-3-21)27-11-7-22(17-35-27)20-5-9-25(10-6-20)41-19-28(39)36-24-8-4-23(26(16-24)30(31,32)33)18-38-14-12-34-13-15-38/h4-11,16-17,21,34H,2-3,12-15,18-19H2,1H3,(H,36,39). The van der Waals surface area contributed by atoms with E-state index < -0.39 is 17.6 Å². The molecule has 1 saturated heterocycles. The van der Waals surface area contributed by atoms with Crippen LogP contribution in [0.5, 0.6) is 5.75 Å². The van der Waals surface area contributed by atoms with E-state index in [1.165, 1.54) is 12.1 Å². The number of halogens is 3. The molecule has 1 aromatic heterocycles. The monoisotopic (exact) mass is 567 g/mol. The summed E-state index contributed by atoms with van der Waals surface area (Å²) in [6.07, 6.45) is -0.983. The highest BCUT2D eigenvalue weighted by atomic mass is 19.4. The number of carbonyl (C=O) groups excluding carboxylic acids is 2. The minimum atomic E-state index is -4.54. The first-order valence-electron chi connectivity index (χ1n) is 13.6. The summed E-state index contributed by atoms with van der Waals surface area (Å²) in [6.45, 7) is 2.67. The number of nitrogens with zero attached hydrogens (tertiary/aromatic N) is 3. The lowest BCUT2D eigenvalue weighted by Crippen LogP contribution is -2.43. The van der Waals surface area contributed by atoms with Gasteiger partial charge in [0.2, 0.25) is 5.91 Å². The number of piperazine rings is 1. The van der Waals surface area contributed by atoms with Crippen molar-refractivity contribution in [2.45, 2.75) is 25.6 Å². The van der Waals surface area contributed by atoms with Crippen molar-refractivity contribution in [3.63, 3.8) is 0 Å². The molecular formula is C30H32F3N5O3. The van der Waals surface area contributed by atoms with Crippen molar-refractivity contribution in [2.75, 3.05) is 50.1 Å². The summed E-state index contributed by atoms with van der Waals surface area (Å²) < 4.78 is 46.9. The van der Waals surface area contributed by atoms with Crippen LogP contribution >= 0.6 is 0 Å². The largest absolute Gasteiger partial charge is 0.484 e. The lowest BCUT2D eigenvalue weighted by Gasteiger charge is -2.28. The molecule has 2 aliphatic rings. The smallest absolute Gasteiger partial charge is 0.416 e. The molecule has 11 heteroatoms. The Morgan fingerprint density at radius 1 is 1.05 bits per heavy atom. The molecule has 0 bridgehead atoms. The van der Waals surface area contributed by atoms with Crippen molar-refractivity contribution in [2.24, 2.45) is 5.92 Å². The van der Waals surface area contributed by atoms with Crippen LogP contribution in [0, 0.1) is 5.92 Å². The highest BCUT2D eigenvalue weighted by molar-refractivity contribution is 5.95. The Bertz CT molecular complexity index is 1370.